The Morgan fingerprint density at radius 1 is 1.63 bits per heavy atom. The van der Waals surface area contributed by atoms with Crippen molar-refractivity contribution in [1.29, 1.82) is 0 Å². The maximum Gasteiger partial charge on any atom is 0.317 e. The van der Waals surface area contributed by atoms with E-state index >= 15 is 0 Å². The highest BCUT2D eigenvalue weighted by atomic mass is 32.2. The number of carboxylic acids is 1. The van der Waals surface area contributed by atoms with Gasteiger partial charge in [0.25, 0.3) is 0 Å². The Morgan fingerprint density at radius 2 is 2.37 bits per heavy atom. The molecule has 8 nitrogen and oxygen atoms in total. The lowest BCUT2D eigenvalue weighted by Crippen LogP contribution is -2.40. The monoisotopic (exact) mass is 288 g/mol. The summed E-state index contributed by atoms with van der Waals surface area (Å²) in [6.07, 6.45) is 1.99. The molecule has 0 radical (unpaired) electrons. The van der Waals surface area contributed by atoms with Crippen LogP contribution in [-0.4, -0.2) is 63.3 Å². The summed E-state index contributed by atoms with van der Waals surface area (Å²) in [5, 5.41) is 16.6. The fourth-order valence-corrected chi connectivity index (χ4v) is 3.94. The molecular formula is C10H16N4O4S. The molecule has 1 unspecified atom stereocenters. The Labute approximate surface area is 111 Å². The number of rotatable bonds is 5. The zero-order valence-electron chi connectivity index (χ0n) is 10.6. The summed E-state index contributed by atoms with van der Waals surface area (Å²) in [7, 11) is -1.28. The maximum absolute atomic E-state index is 11.5. The van der Waals surface area contributed by atoms with E-state index in [-0.39, 0.29) is 30.6 Å². The average molecular weight is 288 g/mol. The number of aromatic nitrogens is 3. The second-order valence-electron chi connectivity index (χ2n) is 4.71. The molecule has 1 saturated heterocycles. The van der Waals surface area contributed by atoms with Crippen molar-refractivity contribution in [3.05, 3.63) is 12.2 Å². The second kappa shape index (κ2) is 5.25. The standard InChI is InChI=1S/C10H16N4O4S/c1-13-7-11-12-9(13)4-14(5-10(15)16)8-2-3-19(17,18)6-8/h7-8H,2-6H2,1H3,(H,15,16). The van der Waals surface area contributed by atoms with E-state index in [9.17, 15) is 13.2 Å². The summed E-state index contributed by atoms with van der Waals surface area (Å²) in [6, 6.07) is -0.266. The van der Waals surface area contributed by atoms with E-state index in [1.807, 2.05) is 0 Å². The minimum Gasteiger partial charge on any atom is -0.480 e. The van der Waals surface area contributed by atoms with Crippen molar-refractivity contribution in [2.45, 2.75) is 19.0 Å². The van der Waals surface area contributed by atoms with Crippen LogP contribution in [-0.2, 0) is 28.2 Å². The lowest BCUT2D eigenvalue weighted by Gasteiger charge is -2.25. The molecule has 106 valence electrons. The third kappa shape index (κ3) is 3.51. The smallest absolute Gasteiger partial charge is 0.317 e. The van der Waals surface area contributed by atoms with E-state index in [1.54, 1.807) is 16.5 Å². The van der Waals surface area contributed by atoms with Crippen molar-refractivity contribution in [1.82, 2.24) is 19.7 Å². The normalized spacial score (nSPS) is 21.9. The van der Waals surface area contributed by atoms with Crippen molar-refractivity contribution in [2.24, 2.45) is 7.05 Å². The lowest BCUT2D eigenvalue weighted by atomic mass is 10.2. The van der Waals surface area contributed by atoms with Crippen LogP contribution in [0, 0.1) is 0 Å². The van der Waals surface area contributed by atoms with E-state index in [0.717, 1.165) is 0 Å². The van der Waals surface area contributed by atoms with E-state index in [2.05, 4.69) is 10.2 Å². The van der Waals surface area contributed by atoms with Gasteiger partial charge in [0.05, 0.1) is 24.6 Å². The topological polar surface area (TPSA) is 105 Å². The summed E-state index contributed by atoms with van der Waals surface area (Å²) in [4.78, 5) is 12.5. The van der Waals surface area contributed by atoms with E-state index < -0.39 is 15.8 Å². The molecule has 1 aromatic rings. The van der Waals surface area contributed by atoms with Gasteiger partial charge in [0, 0.05) is 13.1 Å². The van der Waals surface area contributed by atoms with Gasteiger partial charge in [0.15, 0.2) is 9.84 Å². The molecule has 1 atom stereocenters. The van der Waals surface area contributed by atoms with Gasteiger partial charge in [-0.25, -0.2) is 8.42 Å². The summed E-state index contributed by atoms with van der Waals surface area (Å²) in [6.45, 7) is 0.0794. The van der Waals surface area contributed by atoms with Gasteiger partial charge >= 0.3 is 5.97 Å². The maximum atomic E-state index is 11.5. The minimum absolute atomic E-state index is 0.0120. The Hall–Kier alpha value is -1.48. The Bertz CT molecular complexity index is 568. The van der Waals surface area contributed by atoms with Crippen LogP contribution < -0.4 is 0 Å². The molecule has 1 N–H and O–H groups in total. The van der Waals surface area contributed by atoms with Crippen LogP contribution in [0.3, 0.4) is 0 Å². The molecule has 1 aliphatic rings. The van der Waals surface area contributed by atoms with Crippen LogP contribution >= 0.6 is 0 Å². The van der Waals surface area contributed by atoms with Crippen molar-refractivity contribution >= 4 is 15.8 Å². The number of aliphatic carboxylic acids is 1. The van der Waals surface area contributed by atoms with Crippen LogP contribution in [0.5, 0.6) is 0 Å². The molecule has 2 heterocycles. The van der Waals surface area contributed by atoms with Crippen molar-refractivity contribution in [2.75, 3.05) is 18.1 Å². The number of sulfone groups is 1. The first-order chi connectivity index (χ1) is 8.87. The predicted molar refractivity (Wildman–Crippen MR) is 66.1 cm³/mol. The lowest BCUT2D eigenvalue weighted by molar-refractivity contribution is -0.139. The SMILES string of the molecule is Cn1cnnc1CN(CC(=O)O)C1CCS(=O)(=O)C1. The first-order valence-corrected chi connectivity index (χ1v) is 7.68. The van der Waals surface area contributed by atoms with Crippen LogP contribution in [0.15, 0.2) is 6.33 Å². The van der Waals surface area contributed by atoms with Crippen LogP contribution in [0.2, 0.25) is 0 Å². The molecule has 0 amide bonds. The van der Waals surface area contributed by atoms with E-state index in [1.165, 1.54) is 6.33 Å². The number of carbonyl (C=O) groups is 1. The van der Waals surface area contributed by atoms with E-state index in [4.69, 9.17) is 5.11 Å². The van der Waals surface area contributed by atoms with Crippen molar-refractivity contribution in [3.63, 3.8) is 0 Å². The number of carboxylic acid groups (broad SMARTS) is 1. The Balaban J connectivity index is 2.12. The summed E-state index contributed by atoms with van der Waals surface area (Å²) >= 11 is 0. The highest BCUT2D eigenvalue weighted by Crippen LogP contribution is 2.19. The van der Waals surface area contributed by atoms with Crippen molar-refractivity contribution < 1.29 is 18.3 Å². The minimum atomic E-state index is -3.04. The summed E-state index contributed by atoms with van der Waals surface area (Å²) < 4.78 is 24.7. The largest absolute Gasteiger partial charge is 0.480 e. The molecule has 1 aliphatic heterocycles. The molecule has 1 fully saturated rings. The first-order valence-electron chi connectivity index (χ1n) is 5.86. The van der Waals surface area contributed by atoms with Crippen LogP contribution in [0.4, 0.5) is 0 Å². The fourth-order valence-electron chi connectivity index (χ4n) is 2.18. The van der Waals surface area contributed by atoms with Gasteiger partial charge in [-0.2, -0.15) is 0 Å². The third-order valence-corrected chi connectivity index (χ3v) is 4.96. The molecule has 0 aliphatic carbocycles. The molecule has 0 saturated carbocycles. The second-order valence-corrected chi connectivity index (χ2v) is 6.94. The summed E-state index contributed by atoms with van der Waals surface area (Å²) in [5.74, 6) is -0.234. The highest BCUT2D eigenvalue weighted by Gasteiger charge is 2.33. The van der Waals surface area contributed by atoms with E-state index in [0.29, 0.717) is 12.2 Å². The number of aryl methyl sites for hydroxylation is 1. The van der Waals surface area contributed by atoms with Gasteiger partial charge in [0.2, 0.25) is 0 Å². The van der Waals surface area contributed by atoms with Crippen LogP contribution in [0.1, 0.15) is 12.2 Å². The first kappa shape index (κ1) is 13.9. The number of nitrogens with zero attached hydrogens (tertiary/aromatic N) is 4. The highest BCUT2D eigenvalue weighted by molar-refractivity contribution is 7.91. The molecule has 1 aromatic heterocycles. The number of hydrogen-bond acceptors (Lipinski definition) is 6. The average Bonchev–Trinajstić information content (AvgIpc) is 2.84. The predicted octanol–water partition coefficient (Wildman–Crippen LogP) is -1.11. The Kier molecular flexibility index (Phi) is 3.85. The molecule has 0 spiro atoms. The molecule has 0 aromatic carbocycles. The fraction of sp³-hybridized carbons (Fsp3) is 0.700. The molecule has 0 bridgehead atoms. The van der Waals surface area contributed by atoms with Gasteiger partial charge < -0.3 is 9.67 Å². The van der Waals surface area contributed by atoms with Gasteiger partial charge in [-0.15, -0.1) is 10.2 Å². The molecule has 2 rings (SSSR count). The quantitative estimate of drug-likeness (QED) is 0.732. The van der Waals surface area contributed by atoms with Crippen molar-refractivity contribution in [3.8, 4) is 0 Å². The molecular weight excluding hydrogens is 272 g/mol. The van der Waals surface area contributed by atoms with Gasteiger partial charge in [-0.3, -0.25) is 9.69 Å². The van der Waals surface area contributed by atoms with Gasteiger partial charge in [0.1, 0.15) is 12.2 Å². The number of hydrogen-bond donors (Lipinski definition) is 1. The zero-order valence-corrected chi connectivity index (χ0v) is 11.4. The third-order valence-electron chi connectivity index (χ3n) is 3.21. The summed E-state index contributed by atoms with van der Waals surface area (Å²) in [5.41, 5.74) is 0. The Morgan fingerprint density at radius 3 is 2.84 bits per heavy atom. The molecule has 19 heavy (non-hydrogen) atoms. The van der Waals surface area contributed by atoms with Crippen LogP contribution in [0.25, 0.3) is 0 Å². The van der Waals surface area contributed by atoms with Gasteiger partial charge in [-0.05, 0) is 6.42 Å². The van der Waals surface area contributed by atoms with Gasteiger partial charge in [-0.1, -0.05) is 0 Å². The molecule has 9 heteroatoms. The zero-order chi connectivity index (χ0) is 14.0.